The molecule has 0 saturated heterocycles. The van der Waals surface area contributed by atoms with Gasteiger partial charge in [-0.15, -0.1) is 0 Å². The van der Waals surface area contributed by atoms with Gasteiger partial charge in [0.2, 0.25) is 0 Å². The van der Waals surface area contributed by atoms with Crippen molar-refractivity contribution >= 4 is 0 Å². The molecule has 3 heteroatoms. The Morgan fingerprint density at radius 2 is 2.14 bits per heavy atom. The van der Waals surface area contributed by atoms with Gasteiger partial charge in [0.25, 0.3) is 0 Å². The van der Waals surface area contributed by atoms with Gasteiger partial charge < -0.3 is 9.88 Å². The van der Waals surface area contributed by atoms with Gasteiger partial charge in [-0.3, -0.25) is 0 Å². The minimum Gasteiger partial charge on any atom is -0.338 e. The summed E-state index contributed by atoms with van der Waals surface area (Å²) in [6.07, 6.45) is 6.04. The van der Waals surface area contributed by atoms with Crippen molar-refractivity contribution in [2.24, 2.45) is 7.05 Å². The number of nitrogens with one attached hydrogen (secondary N) is 1. The molecule has 0 saturated carbocycles. The summed E-state index contributed by atoms with van der Waals surface area (Å²) in [4.78, 5) is 4.28. The van der Waals surface area contributed by atoms with Crippen molar-refractivity contribution in [2.75, 3.05) is 6.54 Å². The van der Waals surface area contributed by atoms with E-state index in [9.17, 15) is 0 Å². The first-order valence-electron chi connectivity index (χ1n) is 5.20. The van der Waals surface area contributed by atoms with Gasteiger partial charge in [-0.05, 0) is 33.7 Å². The molecule has 80 valence electrons. The molecular formula is C11H21N3. The summed E-state index contributed by atoms with van der Waals surface area (Å²) in [6.45, 7) is 7.62. The van der Waals surface area contributed by atoms with Crippen LogP contribution in [0.3, 0.4) is 0 Å². The van der Waals surface area contributed by atoms with Crippen molar-refractivity contribution in [1.82, 2.24) is 14.9 Å². The zero-order chi connectivity index (χ0) is 10.6. The van der Waals surface area contributed by atoms with Crippen LogP contribution in [0, 0.1) is 0 Å². The van der Waals surface area contributed by atoms with Gasteiger partial charge in [0.05, 0.1) is 0 Å². The second kappa shape index (κ2) is 4.60. The van der Waals surface area contributed by atoms with Gasteiger partial charge in [-0.25, -0.2) is 4.98 Å². The zero-order valence-corrected chi connectivity index (χ0v) is 9.67. The van der Waals surface area contributed by atoms with E-state index in [1.165, 1.54) is 5.82 Å². The van der Waals surface area contributed by atoms with E-state index in [0.29, 0.717) is 0 Å². The van der Waals surface area contributed by atoms with E-state index < -0.39 is 0 Å². The van der Waals surface area contributed by atoms with E-state index in [1.54, 1.807) is 0 Å². The maximum Gasteiger partial charge on any atom is 0.108 e. The lowest BCUT2D eigenvalue weighted by Crippen LogP contribution is -2.36. The summed E-state index contributed by atoms with van der Waals surface area (Å²) in [5.41, 5.74) is 0.224. The molecule has 0 fully saturated rings. The number of aryl methyl sites for hydroxylation is 2. The average Bonchev–Trinajstić information content (AvgIpc) is 2.44. The summed E-state index contributed by atoms with van der Waals surface area (Å²) < 4.78 is 2.08. The van der Waals surface area contributed by atoms with Crippen LogP contribution < -0.4 is 5.32 Å². The lowest BCUT2D eigenvalue weighted by atomic mass is 10.1. The molecule has 1 aromatic heterocycles. The molecule has 0 amide bonds. The Bertz CT molecular complexity index is 270. The second-order valence-corrected chi connectivity index (χ2v) is 4.73. The predicted molar refractivity (Wildman–Crippen MR) is 59.3 cm³/mol. The Labute approximate surface area is 86.5 Å². The maximum absolute atomic E-state index is 4.28. The predicted octanol–water partition coefficient (Wildman–Crippen LogP) is 1.74. The third kappa shape index (κ3) is 3.92. The highest BCUT2D eigenvalue weighted by Gasteiger charge is 2.07. The third-order valence-electron chi connectivity index (χ3n) is 2.15. The molecule has 0 aliphatic heterocycles. The molecule has 0 aromatic carbocycles. The SMILES string of the molecule is Cn1ccnc1CCCNC(C)(C)C. The number of hydrogen-bond acceptors (Lipinski definition) is 2. The molecule has 1 rings (SSSR count). The largest absolute Gasteiger partial charge is 0.338 e. The molecule has 0 radical (unpaired) electrons. The minimum atomic E-state index is 0.224. The minimum absolute atomic E-state index is 0.224. The van der Waals surface area contributed by atoms with Crippen LogP contribution in [-0.4, -0.2) is 21.6 Å². The Morgan fingerprint density at radius 1 is 1.43 bits per heavy atom. The number of rotatable bonds is 4. The quantitative estimate of drug-likeness (QED) is 0.742. The van der Waals surface area contributed by atoms with Crippen molar-refractivity contribution < 1.29 is 0 Å². The average molecular weight is 195 g/mol. The Balaban J connectivity index is 2.20. The van der Waals surface area contributed by atoms with Crippen molar-refractivity contribution in [1.29, 1.82) is 0 Å². The fraction of sp³-hybridized carbons (Fsp3) is 0.727. The van der Waals surface area contributed by atoms with E-state index >= 15 is 0 Å². The summed E-state index contributed by atoms with van der Waals surface area (Å²) in [6, 6.07) is 0. The molecular weight excluding hydrogens is 174 g/mol. The molecule has 0 aliphatic carbocycles. The number of imidazole rings is 1. The first kappa shape index (κ1) is 11.2. The fourth-order valence-electron chi connectivity index (χ4n) is 1.35. The lowest BCUT2D eigenvalue weighted by molar-refractivity contribution is 0.420. The fourth-order valence-corrected chi connectivity index (χ4v) is 1.35. The number of aromatic nitrogens is 2. The van der Waals surface area contributed by atoms with Crippen LogP contribution >= 0.6 is 0 Å². The molecule has 0 spiro atoms. The van der Waals surface area contributed by atoms with E-state index in [4.69, 9.17) is 0 Å². The molecule has 0 aliphatic rings. The molecule has 3 nitrogen and oxygen atoms in total. The molecule has 0 bridgehead atoms. The summed E-state index contributed by atoms with van der Waals surface area (Å²) in [5, 5.41) is 3.47. The Hall–Kier alpha value is -0.830. The highest BCUT2D eigenvalue weighted by molar-refractivity contribution is 4.91. The van der Waals surface area contributed by atoms with Crippen LogP contribution in [0.5, 0.6) is 0 Å². The van der Waals surface area contributed by atoms with Gasteiger partial charge in [-0.2, -0.15) is 0 Å². The second-order valence-electron chi connectivity index (χ2n) is 4.73. The number of nitrogens with zero attached hydrogens (tertiary/aromatic N) is 2. The molecule has 1 N–H and O–H groups in total. The van der Waals surface area contributed by atoms with Crippen LogP contribution in [0.15, 0.2) is 12.4 Å². The summed E-state index contributed by atoms with van der Waals surface area (Å²) in [5.74, 6) is 1.17. The smallest absolute Gasteiger partial charge is 0.108 e. The van der Waals surface area contributed by atoms with Crippen molar-refractivity contribution in [3.05, 3.63) is 18.2 Å². The monoisotopic (exact) mass is 195 g/mol. The van der Waals surface area contributed by atoms with E-state index in [2.05, 4.69) is 35.6 Å². The van der Waals surface area contributed by atoms with E-state index in [0.717, 1.165) is 19.4 Å². The Morgan fingerprint density at radius 3 is 2.64 bits per heavy atom. The standard InChI is InChI=1S/C11H21N3/c1-11(2,3)13-7-5-6-10-12-8-9-14(10)4/h8-9,13H,5-7H2,1-4H3. The van der Waals surface area contributed by atoms with Gasteiger partial charge in [0, 0.05) is 31.4 Å². The van der Waals surface area contributed by atoms with Gasteiger partial charge >= 0.3 is 0 Å². The van der Waals surface area contributed by atoms with Crippen LogP contribution in [0.1, 0.15) is 33.0 Å². The van der Waals surface area contributed by atoms with Crippen molar-refractivity contribution in [3.63, 3.8) is 0 Å². The van der Waals surface area contributed by atoms with Crippen LogP contribution in [0.25, 0.3) is 0 Å². The molecule has 0 unspecified atom stereocenters. The normalized spacial score (nSPS) is 12.0. The molecule has 0 atom stereocenters. The topological polar surface area (TPSA) is 29.9 Å². The van der Waals surface area contributed by atoms with E-state index in [1.807, 2.05) is 19.4 Å². The van der Waals surface area contributed by atoms with Gasteiger partial charge in [0.1, 0.15) is 5.82 Å². The van der Waals surface area contributed by atoms with Crippen LogP contribution in [-0.2, 0) is 13.5 Å². The Kier molecular flexibility index (Phi) is 3.69. The van der Waals surface area contributed by atoms with Crippen LogP contribution in [0.2, 0.25) is 0 Å². The summed E-state index contributed by atoms with van der Waals surface area (Å²) in [7, 11) is 2.04. The van der Waals surface area contributed by atoms with Gasteiger partial charge in [0.15, 0.2) is 0 Å². The number of hydrogen-bond donors (Lipinski definition) is 1. The van der Waals surface area contributed by atoms with Crippen LogP contribution in [0.4, 0.5) is 0 Å². The van der Waals surface area contributed by atoms with Crippen molar-refractivity contribution in [3.8, 4) is 0 Å². The first-order chi connectivity index (χ1) is 6.49. The third-order valence-corrected chi connectivity index (χ3v) is 2.15. The first-order valence-corrected chi connectivity index (χ1v) is 5.20. The molecule has 14 heavy (non-hydrogen) atoms. The van der Waals surface area contributed by atoms with Crippen molar-refractivity contribution in [2.45, 2.75) is 39.2 Å². The molecule has 1 heterocycles. The molecule has 1 aromatic rings. The highest BCUT2D eigenvalue weighted by Crippen LogP contribution is 2.01. The summed E-state index contributed by atoms with van der Waals surface area (Å²) >= 11 is 0. The van der Waals surface area contributed by atoms with E-state index in [-0.39, 0.29) is 5.54 Å². The lowest BCUT2D eigenvalue weighted by Gasteiger charge is -2.20. The van der Waals surface area contributed by atoms with Gasteiger partial charge in [-0.1, -0.05) is 0 Å². The zero-order valence-electron chi connectivity index (χ0n) is 9.67. The maximum atomic E-state index is 4.28. The highest BCUT2D eigenvalue weighted by atomic mass is 15.0.